The number of amides is 1. The van der Waals surface area contributed by atoms with Gasteiger partial charge in [-0.3, -0.25) is 4.99 Å². The van der Waals surface area contributed by atoms with E-state index in [0.717, 1.165) is 23.5 Å². The van der Waals surface area contributed by atoms with Crippen molar-refractivity contribution in [1.82, 2.24) is 9.80 Å². The van der Waals surface area contributed by atoms with Gasteiger partial charge in [0.15, 0.2) is 0 Å². The van der Waals surface area contributed by atoms with E-state index >= 15 is 0 Å². The van der Waals surface area contributed by atoms with Gasteiger partial charge in [-0.25, -0.2) is 9.59 Å². The highest BCUT2D eigenvalue weighted by molar-refractivity contribution is 5.79. The molecule has 2 aromatic rings. The second-order valence-electron chi connectivity index (χ2n) is 7.03. The van der Waals surface area contributed by atoms with Gasteiger partial charge in [0, 0.05) is 33.3 Å². The van der Waals surface area contributed by atoms with Crippen LogP contribution in [-0.2, 0) is 16.1 Å². The van der Waals surface area contributed by atoms with Crippen molar-refractivity contribution in [2.75, 3.05) is 27.7 Å². The first-order valence-electron chi connectivity index (χ1n) is 9.77. The number of carboxylic acids is 1. The van der Waals surface area contributed by atoms with E-state index in [0.29, 0.717) is 23.7 Å². The second-order valence-corrected chi connectivity index (χ2v) is 7.03. The molecule has 2 rings (SSSR count). The SMILES string of the molecule is C=N/C(=C(/COC(=O)N(C)Cc1ccccc1)N(C)C)c1ccc(O/C=C/C(=O)O)cc1. The summed E-state index contributed by atoms with van der Waals surface area (Å²) in [4.78, 5) is 30.4. The molecule has 0 heterocycles. The van der Waals surface area contributed by atoms with Crippen LogP contribution in [0.2, 0.25) is 0 Å². The summed E-state index contributed by atoms with van der Waals surface area (Å²) in [7, 11) is 5.34. The smallest absolute Gasteiger partial charge is 0.410 e. The fourth-order valence-corrected chi connectivity index (χ4v) is 2.78. The highest BCUT2D eigenvalue weighted by Gasteiger charge is 2.16. The highest BCUT2D eigenvalue weighted by Crippen LogP contribution is 2.24. The zero-order valence-corrected chi connectivity index (χ0v) is 18.4. The molecule has 32 heavy (non-hydrogen) atoms. The molecule has 8 nitrogen and oxygen atoms in total. The monoisotopic (exact) mass is 437 g/mol. The lowest BCUT2D eigenvalue weighted by molar-refractivity contribution is -0.131. The summed E-state index contributed by atoms with van der Waals surface area (Å²) < 4.78 is 10.8. The maximum atomic E-state index is 12.5. The van der Waals surface area contributed by atoms with Crippen LogP contribution >= 0.6 is 0 Å². The largest absolute Gasteiger partial charge is 0.478 e. The van der Waals surface area contributed by atoms with E-state index in [1.165, 1.54) is 4.90 Å². The molecule has 0 saturated carbocycles. The van der Waals surface area contributed by atoms with Crippen LogP contribution in [0.5, 0.6) is 5.75 Å². The minimum Gasteiger partial charge on any atom is -0.478 e. The number of likely N-dealkylation sites (N-methyl/N-ethyl adjacent to an activating group) is 1. The average molecular weight is 437 g/mol. The predicted octanol–water partition coefficient (Wildman–Crippen LogP) is 3.86. The molecule has 2 aromatic carbocycles. The summed E-state index contributed by atoms with van der Waals surface area (Å²) in [5.41, 5.74) is 2.97. The molecule has 0 aliphatic carbocycles. The molecule has 0 saturated heterocycles. The summed E-state index contributed by atoms with van der Waals surface area (Å²) in [6, 6.07) is 16.5. The van der Waals surface area contributed by atoms with Crippen LogP contribution in [0, 0.1) is 0 Å². The van der Waals surface area contributed by atoms with E-state index in [9.17, 15) is 9.59 Å². The third-order valence-electron chi connectivity index (χ3n) is 4.42. The minimum atomic E-state index is -1.10. The molecule has 8 heteroatoms. The van der Waals surface area contributed by atoms with Gasteiger partial charge in [-0.15, -0.1) is 0 Å². The maximum Gasteiger partial charge on any atom is 0.410 e. The topological polar surface area (TPSA) is 91.7 Å². The number of carbonyl (C=O) groups is 2. The lowest BCUT2D eigenvalue weighted by Gasteiger charge is -2.22. The van der Waals surface area contributed by atoms with Crippen LogP contribution in [-0.4, -0.2) is 61.4 Å². The van der Waals surface area contributed by atoms with Crippen molar-refractivity contribution < 1.29 is 24.2 Å². The Hall–Kier alpha value is -4.07. The Morgan fingerprint density at radius 2 is 1.72 bits per heavy atom. The third kappa shape index (κ3) is 7.32. The fourth-order valence-electron chi connectivity index (χ4n) is 2.78. The van der Waals surface area contributed by atoms with Gasteiger partial charge in [0.05, 0.1) is 23.7 Å². The van der Waals surface area contributed by atoms with Crippen molar-refractivity contribution in [2.24, 2.45) is 4.99 Å². The summed E-state index contributed by atoms with van der Waals surface area (Å²) in [6.45, 7) is 4.11. The van der Waals surface area contributed by atoms with E-state index in [1.54, 1.807) is 31.3 Å². The molecule has 1 amide bonds. The quantitative estimate of drug-likeness (QED) is 0.345. The van der Waals surface area contributed by atoms with E-state index in [-0.39, 0.29) is 6.61 Å². The second kappa shape index (κ2) is 11.9. The molecule has 0 atom stereocenters. The Morgan fingerprint density at radius 3 is 2.28 bits per heavy atom. The molecule has 0 aromatic heterocycles. The zero-order chi connectivity index (χ0) is 23.5. The van der Waals surface area contributed by atoms with Gasteiger partial charge in [0.2, 0.25) is 0 Å². The van der Waals surface area contributed by atoms with Gasteiger partial charge in [-0.2, -0.15) is 0 Å². The number of ether oxygens (including phenoxy) is 2. The highest BCUT2D eigenvalue weighted by atomic mass is 16.6. The number of rotatable bonds is 10. The van der Waals surface area contributed by atoms with Crippen molar-refractivity contribution in [2.45, 2.75) is 6.54 Å². The van der Waals surface area contributed by atoms with Crippen LogP contribution in [0.15, 0.2) is 77.6 Å². The van der Waals surface area contributed by atoms with E-state index < -0.39 is 12.1 Å². The summed E-state index contributed by atoms with van der Waals surface area (Å²) >= 11 is 0. The van der Waals surface area contributed by atoms with Crippen LogP contribution in [0.3, 0.4) is 0 Å². The number of aliphatic carboxylic acids is 1. The van der Waals surface area contributed by atoms with E-state index in [4.69, 9.17) is 14.6 Å². The first kappa shape index (κ1) is 24.2. The molecule has 0 spiro atoms. The molecule has 168 valence electrons. The Morgan fingerprint density at radius 1 is 1.06 bits per heavy atom. The lowest BCUT2D eigenvalue weighted by Crippen LogP contribution is -2.29. The summed E-state index contributed by atoms with van der Waals surface area (Å²) in [5.74, 6) is -0.627. The van der Waals surface area contributed by atoms with E-state index in [1.807, 2.05) is 49.3 Å². The standard InChI is InChI=1S/C24H27N3O5/c1-25-23(19-10-12-20(13-11-19)31-15-14-22(28)29)21(26(2)3)17-32-24(30)27(4)16-18-8-6-5-7-9-18/h5-15H,1,16-17H2,2-4H3,(H,28,29)/b15-14+,23-21-. The number of hydrogen-bond donors (Lipinski definition) is 1. The number of carboxylic acid groups (broad SMARTS) is 1. The first-order chi connectivity index (χ1) is 15.3. The van der Waals surface area contributed by atoms with Gasteiger partial charge in [-0.1, -0.05) is 30.3 Å². The minimum absolute atomic E-state index is 0.0128. The van der Waals surface area contributed by atoms with Crippen molar-refractivity contribution >= 4 is 24.5 Å². The van der Waals surface area contributed by atoms with Gasteiger partial charge in [-0.05, 0) is 36.5 Å². The normalized spacial score (nSPS) is 11.5. The maximum absolute atomic E-state index is 12.5. The number of hydrogen-bond acceptors (Lipinski definition) is 6. The molecule has 0 aliphatic rings. The number of benzene rings is 2. The molecule has 1 N–H and O–H groups in total. The fraction of sp³-hybridized carbons (Fsp3) is 0.208. The third-order valence-corrected chi connectivity index (χ3v) is 4.42. The summed E-state index contributed by atoms with van der Waals surface area (Å²) in [6.07, 6.45) is 1.54. The van der Waals surface area contributed by atoms with Gasteiger partial charge >= 0.3 is 12.1 Å². The van der Waals surface area contributed by atoms with Crippen molar-refractivity contribution in [3.05, 3.63) is 83.8 Å². The van der Waals surface area contributed by atoms with Crippen LogP contribution in [0.1, 0.15) is 11.1 Å². The Kier molecular flexibility index (Phi) is 9.04. The van der Waals surface area contributed by atoms with Crippen LogP contribution < -0.4 is 4.74 Å². The molecular weight excluding hydrogens is 410 g/mol. The predicted molar refractivity (Wildman–Crippen MR) is 123 cm³/mol. The molecule has 0 aliphatic heterocycles. The average Bonchev–Trinajstić information content (AvgIpc) is 2.77. The number of aliphatic imine (C=N–C) groups is 1. The Bertz CT molecular complexity index is 982. The first-order valence-corrected chi connectivity index (χ1v) is 9.77. The molecular formula is C24H27N3O5. The van der Waals surface area contributed by atoms with Crippen LogP contribution in [0.4, 0.5) is 4.79 Å². The van der Waals surface area contributed by atoms with Gasteiger partial charge < -0.3 is 24.4 Å². The zero-order valence-electron chi connectivity index (χ0n) is 18.4. The molecule has 0 radical (unpaired) electrons. The number of carbonyl (C=O) groups excluding carboxylic acids is 1. The Balaban J connectivity index is 2.11. The number of nitrogens with zero attached hydrogens (tertiary/aromatic N) is 3. The summed E-state index contributed by atoms with van der Waals surface area (Å²) in [5, 5.41) is 8.62. The van der Waals surface area contributed by atoms with Gasteiger partial charge in [0.25, 0.3) is 0 Å². The van der Waals surface area contributed by atoms with Crippen molar-refractivity contribution in [3.8, 4) is 5.75 Å². The molecule has 0 fully saturated rings. The van der Waals surface area contributed by atoms with E-state index in [2.05, 4.69) is 11.7 Å². The van der Waals surface area contributed by atoms with Crippen molar-refractivity contribution in [1.29, 1.82) is 0 Å². The lowest BCUT2D eigenvalue weighted by atomic mass is 10.1. The molecule has 0 bridgehead atoms. The van der Waals surface area contributed by atoms with Crippen molar-refractivity contribution in [3.63, 3.8) is 0 Å². The van der Waals surface area contributed by atoms with Crippen LogP contribution in [0.25, 0.3) is 5.70 Å². The Labute approximate surface area is 187 Å². The molecule has 0 unspecified atom stereocenters. The van der Waals surface area contributed by atoms with Gasteiger partial charge in [0.1, 0.15) is 12.4 Å².